The Hall–Kier alpha value is -2.49. The van der Waals surface area contributed by atoms with Gasteiger partial charge in [0.2, 0.25) is 0 Å². The second-order valence-corrected chi connectivity index (χ2v) is 3.84. The summed E-state index contributed by atoms with van der Waals surface area (Å²) in [4.78, 5) is 7.26. The summed E-state index contributed by atoms with van der Waals surface area (Å²) in [5, 5.41) is 18.9. The van der Waals surface area contributed by atoms with Crippen LogP contribution in [0.15, 0.2) is 35.5 Å². The topological polar surface area (TPSA) is 68.6 Å². The summed E-state index contributed by atoms with van der Waals surface area (Å²) in [6.45, 7) is 0. The lowest BCUT2D eigenvalue weighted by Gasteiger charge is -2.02. The minimum Gasteiger partial charge on any atom is -0.504 e. The SMILES string of the molecule is Oc1cc2c(cc1O)C(=Cc1ccc[nH]1)C=N2. The fourth-order valence-corrected chi connectivity index (χ4v) is 1.83. The van der Waals surface area contributed by atoms with E-state index in [1.54, 1.807) is 6.21 Å². The number of fused-ring (bicyclic) bond motifs is 1. The van der Waals surface area contributed by atoms with Crippen LogP contribution in [0.2, 0.25) is 0 Å². The van der Waals surface area contributed by atoms with Crippen LogP contribution >= 0.6 is 0 Å². The Bertz CT molecular complexity index is 625. The molecule has 1 aliphatic rings. The Morgan fingerprint density at radius 2 is 2.00 bits per heavy atom. The zero-order chi connectivity index (χ0) is 11.8. The lowest BCUT2D eigenvalue weighted by atomic mass is 10.1. The minimum atomic E-state index is -0.151. The predicted molar refractivity (Wildman–Crippen MR) is 66.6 cm³/mol. The third kappa shape index (κ3) is 1.59. The Morgan fingerprint density at radius 1 is 1.18 bits per heavy atom. The van der Waals surface area contributed by atoms with E-state index < -0.39 is 0 Å². The second kappa shape index (κ2) is 3.52. The summed E-state index contributed by atoms with van der Waals surface area (Å²) < 4.78 is 0. The molecule has 0 aliphatic carbocycles. The van der Waals surface area contributed by atoms with E-state index in [1.165, 1.54) is 12.1 Å². The lowest BCUT2D eigenvalue weighted by molar-refractivity contribution is 0.404. The number of rotatable bonds is 1. The minimum absolute atomic E-state index is 0.133. The maximum absolute atomic E-state index is 9.49. The number of H-pyrrole nitrogens is 1. The van der Waals surface area contributed by atoms with Gasteiger partial charge in [0.1, 0.15) is 0 Å². The third-order valence-electron chi connectivity index (χ3n) is 2.68. The van der Waals surface area contributed by atoms with Gasteiger partial charge in [-0.3, -0.25) is 4.99 Å². The number of benzene rings is 1. The quantitative estimate of drug-likeness (QED) is 0.654. The van der Waals surface area contributed by atoms with E-state index in [4.69, 9.17) is 0 Å². The van der Waals surface area contributed by atoms with E-state index in [-0.39, 0.29) is 11.5 Å². The van der Waals surface area contributed by atoms with E-state index >= 15 is 0 Å². The molecule has 0 fully saturated rings. The van der Waals surface area contributed by atoms with Crippen LogP contribution in [0.1, 0.15) is 11.3 Å². The Balaban J connectivity index is 2.10. The van der Waals surface area contributed by atoms with Crippen molar-refractivity contribution in [1.29, 1.82) is 0 Å². The van der Waals surface area contributed by atoms with E-state index in [2.05, 4.69) is 9.98 Å². The largest absolute Gasteiger partial charge is 0.504 e. The smallest absolute Gasteiger partial charge is 0.159 e. The molecular formula is C13H10N2O2. The predicted octanol–water partition coefficient (Wildman–Crippen LogP) is 2.68. The van der Waals surface area contributed by atoms with Crippen LogP contribution in [0.25, 0.3) is 11.6 Å². The summed E-state index contributed by atoms with van der Waals surface area (Å²) in [5.41, 5.74) is 3.35. The van der Waals surface area contributed by atoms with Crippen molar-refractivity contribution in [1.82, 2.24) is 4.98 Å². The Morgan fingerprint density at radius 3 is 2.76 bits per heavy atom. The first kappa shape index (κ1) is 9.72. The van der Waals surface area contributed by atoms with Gasteiger partial charge in [-0.15, -0.1) is 0 Å². The highest BCUT2D eigenvalue weighted by atomic mass is 16.3. The summed E-state index contributed by atoms with van der Waals surface area (Å²) in [7, 11) is 0. The van der Waals surface area contributed by atoms with Crippen molar-refractivity contribution in [3.63, 3.8) is 0 Å². The molecule has 2 aromatic rings. The van der Waals surface area contributed by atoms with E-state index in [0.29, 0.717) is 5.69 Å². The highest BCUT2D eigenvalue weighted by molar-refractivity contribution is 6.21. The molecule has 0 spiro atoms. The van der Waals surface area contributed by atoms with Crippen LogP contribution in [0.4, 0.5) is 5.69 Å². The first-order chi connectivity index (χ1) is 8.24. The molecule has 4 nitrogen and oxygen atoms in total. The number of aromatic nitrogens is 1. The molecule has 0 radical (unpaired) electrons. The number of nitrogens with zero attached hydrogens (tertiary/aromatic N) is 1. The summed E-state index contributed by atoms with van der Waals surface area (Å²) in [6, 6.07) is 6.83. The maximum atomic E-state index is 9.49. The number of hydrogen-bond donors (Lipinski definition) is 3. The maximum Gasteiger partial charge on any atom is 0.159 e. The monoisotopic (exact) mass is 226 g/mol. The Kier molecular flexibility index (Phi) is 2.01. The van der Waals surface area contributed by atoms with Gasteiger partial charge in [0, 0.05) is 35.3 Å². The lowest BCUT2D eigenvalue weighted by Crippen LogP contribution is -1.81. The number of aromatic hydroxyl groups is 2. The van der Waals surface area contributed by atoms with Crippen molar-refractivity contribution in [3.8, 4) is 11.5 Å². The summed E-state index contributed by atoms with van der Waals surface area (Å²) in [5.74, 6) is -0.284. The number of aliphatic imine (C=N–C) groups is 1. The number of allylic oxidation sites excluding steroid dienone is 1. The van der Waals surface area contributed by atoms with Crippen LogP contribution < -0.4 is 0 Å². The normalized spacial score (nSPS) is 15.4. The van der Waals surface area contributed by atoms with E-state index in [9.17, 15) is 10.2 Å². The van der Waals surface area contributed by atoms with Crippen LogP contribution in [0.5, 0.6) is 11.5 Å². The molecule has 2 heterocycles. The molecule has 1 aromatic carbocycles. The number of nitrogens with one attached hydrogen (secondary N) is 1. The van der Waals surface area contributed by atoms with Crippen molar-refractivity contribution in [2.24, 2.45) is 4.99 Å². The Labute approximate surface area is 97.6 Å². The zero-order valence-electron chi connectivity index (χ0n) is 8.88. The standard InChI is InChI=1S/C13H10N2O2/c16-12-5-10-8(4-9-2-1-3-14-9)7-15-11(10)6-13(12)17/h1-7,14,16-17H. The van der Waals surface area contributed by atoms with Gasteiger partial charge in [-0.25, -0.2) is 0 Å². The fourth-order valence-electron chi connectivity index (χ4n) is 1.83. The molecule has 0 saturated carbocycles. The van der Waals surface area contributed by atoms with Gasteiger partial charge >= 0.3 is 0 Å². The van der Waals surface area contributed by atoms with Gasteiger partial charge in [0.25, 0.3) is 0 Å². The number of hydrogen-bond acceptors (Lipinski definition) is 3. The first-order valence-electron chi connectivity index (χ1n) is 5.19. The highest BCUT2D eigenvalue weighted by Gasteiger charge is 2.15. The molecule has 0 bridgehead atoms. The van der Waals surface area contributed by atoms with Gasteiger partial charge in [0.15, 0.2) is 11.5 Å². The molecule has 0 unspecified atom stereocenters. The molecule has 3 N–H and O–H groups in total. The molecule has 0 saturated heterocycles. The second-order valence-electron chi connectivity index (χ2n) is 3.84. The highest BCUT2D eigenvalue weighted by Crippen LogP contribution is 2.39. The van der Waals surface area contributed by atoms with Crippen LogP contribution in [0.3, 0.4) is 0 Å². The molecule has 1 aromatic heterocycles. The molecule has 1 aliphatic heterocycles. The van der Waals surface area contributed by atoms with Crippen LogP contribution in [0, 0.1) is 0 Å². The average molecular weight is 226 g/mol. The van der Waals surface area contributed by atoms with Crippen molar-refractivity contribution in [2.45, 2.75) is 0 Å². The number of aromatic amines is 1. The molecule has 4 heteroatoms. The summed E-state index contributed by atoms with van der Waals surface area (Å²) >= 11 is 0. The molecule has 0 amide bonds. The molecule has 3 rings (SSSR count). The third-order valence-corrected chi connectivity index (χ3v) is 2.68. The van der Waals surface area contributed by atoms with Crippen LogP contribution in [-0.2, 0) is 0 Å². The van der Waals surface area contributed by atoms with Crippen molar-refractivity contribution in [3.05, 3.63) is 41.7 Å². The van der Waals surface area contributed by atoms with Gasteiger partial charge < -0.3 is 15.2 Å². The summed E-state index contributed by atoms with van der Waals surface area (Å²) in [6.07, 6.45) is 5.49. The zero-order valence-corrected chi connectivity index (χ0v) is 8.88. The van der Waals surface area contributed by atoms with Gasteiger partial charge in [0.05, 0.1) is 5.69 Å². The number of phenolic OH excluding ortho intramolecular Hbond substituents is 2. The molecule has 17 heavy (non-hydrogen) atoms. The van der Waals surface area contributed by atoms with E-state index in [0.717, 1.165) is 16.8 Å². The van der Waals surface area contributed by atoms with Crippen LogP contribution in [-0.4, -0.2) is 21.4 Å². The molecular weight excluding hydrogens is 216 g/mol. The molecule has 0 atom stereocenters. The molecule has 84 valence electrons. The van der Waals surface area contributed by atoms with Crippen molar-refractivity contribution in [2.75, 3.05) is 0 Å². The van der Waals surface area contributed by atoms with Gasteiger partial charge in [-0.1, -0.05) is 0 Å². The van der Waals surface area contributed by atoms with Gasteiger partial charge in [-0.05, 0) is 24.3 Å². The van der Waals surface area contributed by atoms with E-state index in [1.807, 2.05) is 24.4 Å². The van der Waals surface area contributed by atoms with Crippen molar-refractivity contribution >= 4 is 23.6 Å². The number of phenols is 2. The fraction of sp³-hybridized carbons (Fsp3) is 0. The van der Waals surface area contributed by atoms with Gasteiger partial charge in [-0.2, -0.15) is 0 Å². The first-order valence-corrected chi connectivity index (χ1v) is 5.19. The average Bonchev–Trinajstić information content (AvgIpc) is 2.92. The van der Waals surface area contributed by atoms with Crippen molar-refractivity contribution < 1.29 is 10.2 Å².